The Kier molecular flexibility index (Phi) is 13.7. The molecule has 2 heterocycles. The van der Waals surface area contributed by atoms with E-state index in [0.29, 0.717) is 35.2 Å². The zero-order chi connectivity index (χ0) is 31.7. The summed E-state index contributed by atoms with van der Waals surface area (Å²) in [6.07, 6.45) is 14.4. The number of carbonyl (C=O) groups is 2. The lowest BCUT2D eigenvalue weighted by Crippen LogP contribution is -2.29. The highest BCUT2D eigenvalue weighted by molar-refractivity contribution is 6.05. The molecule has 0 bridgehead atoms. The molecule has 13 heteroatoms. The Labute approximate surface area is 301 Å². The summed E-state index contributed by atoms with van der Waals surface area (Å²) in [6, 6.07) is 13.4. The number of hydrogen-bond acceptors (Lipinski definition) is 6. The molecule has 3 aliphatic carbocycles. The van der Waals surface area contributed by atoms with Crippen LogP contribution < -0.4 is 21.7 Å². The lowest BCUT2D eigenvalue weighted by Gasteiger charge is -2.13. The molecule has 3 saturated carbocycles. The van der Waals surface area contributed by atoms with E-state index >= 15 is 0 Å². The molecule has 0 aliphatic heterocycles. The zero-order valence-electron chi connectivity index (χ0n) is 27.8. The maximum absolute atomic E-state index is 12.5. The van der Waals surface area contributed by atoms with E-state index in [1.54, 1.807) is 34.2 Å². The van der Waals surface area contributed by atoms with Crippen LogP contribution in [0.3, 0.4) is 0 Å². The number of aryl methyl sites for hydroxylation is 4. The largest absolute Gasteiger partial charge is 0.327 e. The normalized spacial score (nSPS) is 20.6. The van der Waals surface area contributed by atoms with Gasteiger partial charge in [0.05, 0.1) is 23.8 Å². The first kappa shape index (κ1) is 39.0. The van der Waals surface area contributed by atoms with E-state index in [9.17, 15) is 9.59 Å². The summed E-state index contributed by atoms with van der Waals surface area (Å²) in [7, 11) is 3.65. The van der Waals surface area contributed by atoms with Gasteiger partial charge in [-0.3, -0.25) is 19.0 Å². The molecule has 260 valence electrons. The van der Waals surface area contributed by atoms with Crippen LogP contribution in [0.15, 0.2) is 61.2 Å². The number of nitrogens with zero attached hydrogens (tertiary/aromatic N) is 4. The van der Waals surface area contributed by atoms with Gasteiger partial charge in [-0.2, -0.15) is 10.2 Å². The minimum absolute atomic E-state index is 0. The Balaban J connectivity index is 0.000000250. The number of nitrogens with one attached hydrogen (secondary N) is 3. The zero-order valence-corrected chi connectivity index (χ0v) is 30.3. The molecule has 0 radical (unpaired) electrons. The van der Waals surface area contributed by atoms with E-state index in [2.05, 4.69) is 52.1 Å². The van der Waals surface area contributed by atoms with Crippen molar-refractivity contribution in [2.45, 2.75) is 82.3 Å². The van der Waals surface area contributed by atoms with Crippen molar-refractivity contribution in [1.82, 2.24) is 24.9 Å². The Hall–Kier alpha value is -3.41. The third kappa shape index (κ3) is 9.60. The number of amides is 2. The van der Waals surface area contributed by atoms with Gasteiger partial charge >= 0.3 is 0 Å². The minimum Gasteiger partial charge on any atom is -0.327 e. The predicted octanol–water partition coefficient (Wildman–Crippen LogP) is 6.43. The molecule has 0 spiro atoms. The first-order valence-electron chi connectivity index (χ1n) is 16.0. The standard InChI is InChI=1S/C20H26N4O.C15H18N4O.3ClH/c1-13-7-8-14(20(25)23-16-11-21-24(2)12-16)9-17(13)18-10-19(18)22-15-5-3-4-6-15;1-9-3-4-10(5-12(9)13-6-14(13)16)15(20)18-11-7-17-19(2)8-11;;;/h7-9,11-12,15,18-19,22H,3-6,10H2,1-2H3,(H,23,25);3-5,7-8,13-14H,6,16H2,1-2H3,(H,18,20);3*1H/t18-,19+;13-,14+;;;/m00.../s1. The van der Waals surface area contributed by atoms with Gasteiger partial charge in [-0.25, -0.2) is 0 Å². The van der Waals surface area contributed by atoms with Crippen LogP contribution in [0.4, 0.5) is 11.4 Å². The molecule has 5 N–H and O–H groups in total. The van der Waals surface area contributed by atoms with Gasteiger partial charge < -0.3 is 21.7 Å². The van der Waals surface area contributed by atoms with Crippen molar-refractivity contribution in [3.63, 3.8) is 0 Å². The molecule has 3 fully saturated rings. The van der Waals surface area contributed by atoms with Crippen molar-refractivity contribution in [1.29, 1.82) is 0 Å². The highest BCUT2D eigenvalue weighted by atomic mass is 35.5. The predicted molar refractivity (Wildman–Crippen MR) is 198 cm³/mol. The van der Waals surface area contributed by atoms with Crippen molar-refractivity contribution in [3.8, 4) is 0 Å². The van der Waals surface area contributed by atoms with Gasteiger partial charge in [0.1, 0.15) is 0 Å². The Morgan fingerprint density at radius 1 is 0.750 bits per heavy atom. The summed E-state index contributed by atoms with van der Waals surface area (Å²) < 4.78 is 3.33. The number of rotatable bonds is 8. The van der Waals surface area contributed by atoms with E-state index in [4.69, 9.17) is 5.73 Å². The summed E-state index contributed by atoms with van der Waals surface area (Å²) in [5.41, 5.74) is 13.7. The van der Waals surface area contributed by atoms with Crippen LogP contribution in [0, 0.1) is 13.8 Å². The van der Waals surface area contributed by atoms with Gasteiger partial charge in [0.25, 0.3) is 11.8 Å². The third-order valence-corrected chi connectivity index (χ3v) is 9.24. The molecule has 48 heavy (non-hydrogen) atoms. The number of anilines is 2. The second kappa shape index (κ2) is 16.8. The molecule has 7 rings (SSSR count). The molecule has 2 aromatic heterocycles. The summed E-state index contributed by atoms with van der Waals surface area (Å²) in [4.78, 5) is 24.8. The molecule has 10 nitrogen and oxygen atoms in total. The maximum atomic E-state index is 12.5. The van der Waals surface area contributed by atoms with E-state index in [1.165, 1.54) is 54.4 Å². The van der Waals surface area contributed by atoms with Gasteiger partial charge in [0.15, 0.2) is 0 Å². The Morgan fingerprint density at radius 3 is 1.62 bits per heavy atom. The number of nitrogens with two attached hydrogens (primary N) is 1. The van der Waals surface area contributed by atoms with Gasteiger partial charge in [0.2, 0.25) is 0 Å². The highest BCUT2D eigenvalue weighted by Gasteiger charge is 2.40. The summed E-state index contributed by atoms with van der Waals surface area (Å²) in [5.74, 6) is 0.761. The fourth-order valence-electron chi connectivity index (χ4n) is 6.43. The fraction of sp³-hybridized carbons (Fsp3) is 0.429. The van der Waals surface area contributed by atoms with Crippen LogP contribution in [0.25, 0.3) is 0 Å². The lowest BCUT2D eigenvalue weighted by molar-refractivity contribution is 0.101. The molecular weight excluding hydrogens is 671 g/mol. The van der Waals surface area contributed by atoms with Crippen molar-refractivity contribution in [2.75, 3.05) is 10.6 Å². The first-order valence-corrected chi connectivity index (χ1v) is 16.0. The van der Waals surface area contributed by atoms with Crippen LogP contribution in [-0.4, -0.2) is 49.5 Å². The molecule has 4 atom stereocenters. The summed E-state index contributed by atoms with van der Waals surface area (Å²) >= 11 is 0. The van der Waals surface area contributed by atoms with E-state index in [1.807, 2.05) is 38.4 Å². The molecule has 0 unspecified atom stereocenters. The molecular formula is C35H47Cl3N8O2. The SMILES string of the molecule is Cc1ccc(C(=O)Nc2cnn(C)c2)cc1[C@@H]1C[C@H]1N.Cc1ccc(C(=O)Nc2cnn(C)c2)cc1[C@@H]1C[C@H]1NC1CCCC1.Cl.Cl.Cl. The van der Waals surface area contributed by atoms with Gasteiger partial charge in [-0.05, 0) is 86.1 Å². The summed E-state index contributed by atoms with van der Waals surface area (Å²) in [5, 5.41) is 17.7. The van der Waals surface area contributed by atoms with Crippen LogP contribution in [-0.2, 0) is 14.1 Å². The van der Waals surface area contributed by atoms with E-state index in [0.717, 1.165) is 17.7 Å². The number of benzene rings is 2. The van der Waals surface area contributed by atoms with E-state index in [-0.39, 0.29) is 55.1 Å². The van der Waals surface area contributed by atoms with Gasteiger partial charge in [-0.15, -0.1) is 37.2 Å². The van der Waals surface area contributed by atoms with Crippen molar-refractivity contribution >= 4 is 60.4 Å². The number of carbonyl (C=O) groups excluding carboxylic acids is 2. The third-order valence-electron chi connectivity index (χ3n) is 9.24. The average molecular weight is 718 g/mol. The monoisotopic (exact) mass is 716 g/mol. The van der Waals surface area contributed by atoms with Gasteiger partial charge in [-0.1, -0.05) is 25.0 Å². The number of hydrogen-bond donors (Lipinski definition) is 4. The fourth-order valence-corrected chi connectivity index (χ4v) is 6.43. The quantitative estimate of drug-likeness (QED) is 0.166. The van der Waals surface area contributed by atoms with Crippen molar-refractivity contribution < 1.29 is 9.59 Å². The average Bonchev–Trinajstić information content (AvgIpc) is 3.68. The van der Waals surface area contributed by atoms with Crippen LogP contribution in [0.1, 0.15) is 93.3 Å². The Bertz CT molecular complexity index is 1700. The second-order valence-electron chi connectivity index (χ2n) is 13.0. The molecule has 0 saturated heterocycles. The molecule has 2 amide bonds. The molecule has 4 aromatic rings. The minimum atomic E-state index is -0.117. The second-order valence-corrected chi connectivity index (χ2v) is 13.0. The van der Waals surface area contributed by atoms with Gasteiger partial charge in [0, 0.05) is 67.6 Å². The smallest absolute Gasteiger partial charge is 0.255 e. The summed E-state index contributed by atoms with van der Waals surface area (Å²) in [6.45, 7) is 4.20. The van der Waals surface area contributed by atoms with Crippen LogP contribution in [0.2, 0.25) is 0 Å². The number of halogens is 3. The topological polar surface area (TPSA) is 132 Å². The van der Waals surface area contributed by atoms with Crippen molar-refractivity contribution in [2.24, 2.45) is 19.8 Å². The van der Waals surface area contributed by atoms with E-state index < -0.39 is 0 Å². The highest BCUT2D eigenvalue weighted by Crippen LogP contribution is 2.44. The van der Waals surface area contributed by atoms with Crippen molar-refractivity contribution in [3.05, 3.63) is 94.6 Å². The molecule has 3 aliphatic rings. The van der Waals surface area contributed by atoms with Crippen LogP contribution in [0.5, 0.6) is 0 Å². The Morgan fingerprint density at radius 2 is 1.21 bits per heavy atom. The molecule has 2 aromatic carbocycles. The first-order chi connectivity index (χ1) is 21.6. The maximum Gasteiger partial charge on any atom is 0.255 e. The van der Waals surface area contributed by atoms with Crippen LogP contribution >= 0.6 is 37.2 Å². The lowest BCUT2D eigenvalue weighted by atomic mass is 10.0. The number of aromatic nitrogens is 4.